The molecule has 1 aromatic heterocycles. The fourth-order valence-electron chi connectivity index (χ4n) is 2.94. The van der Waals surface area contributed by atoms with Gasteiger partial charge in [0.25, 0.3) is 5.56 Å². The minimum Gasteiger partial charge on any atom is -0.325 e. The largest absolute Gasteiger partial charge is 0.325 e. The quantitative estimate of drug-likeness (QED) is 0.446. The van der Waals surface area contributed by atoms with Crippen LogP contribution in [0.2, 0.25) is 0 Å². The van der Waals surface area contributed by atoms with Crippen molar-refractivity contribution in [2.75, 3.05) is 11.1 Å². The molecule has 0 spiro atoms. The van der Waals surface area contributed by atoms with Crippen molar-refractivity contribution in [2.24, 2.45) is 0 Å². The Balaban J connectivity index is 1.60. The van der Waals surface area contributed by atoms with Gasteiger partial charge in [-0.3, -0.25) is 9.59 Å². The zero-order chi connectivity index (χ0) is 20.8. The van der Waals surface area contributed by atoms with E-state index in [1.54, 1.807) is 0 Å². The Kier molecular flexibility index (Phi) is 6.88. The van der Waals surface area contributed by atoms with Gasteiger partial charge >= 0.3 is 0 Å². The van der Waals surface area contributed by atoms with E-state index in [2.05, 4.69) is 29.1 Å². The van der Waals surface area contributed by atoms with Crippen molar-refractivity contribution in [3.8, 4) is 0 Å². The minimum absolute atomic E-state index is 0.138. The van der Waals surface area contributed by atoms with Crippen molar-refractivity contribution in [3.05, 3.63) is 87.3 Å². The average molecular weight is 408 g/mol. The summed E-state index contributed by atoms with van der Waals surface area (Å²) in [6.07, 6.45) is 0.535. The summed E-state index contributed by atoms with van der Waals surface area (Å²) in [5.41, 5.74) is 4.22. The Hall–Kier alpha value is -2.86. The lowest BCUT2D eigenvalue weighted by atomic mass is 10.0. The van der Waals surface area contributed by atoms with Crippen molar-refractivity contribution in [1.29, 1.82) is 0 Å². The van der Waals surface area contributed by atoms with E-state index in [9.17, 15) is 9.59 Å². The van der Waals surface area contributed by atoms with Gasteiger partial charge in [-0.25, -0.2) is 4.98 Å². The van der Waals surface area contributed by atoms with Crippen molar-refractivity contribution < 1.29 is 4.79 Å². The van der Waals surface area contributed by atoms with E-state index in [4.69, 9.17) is 0 Å². The Morgan fingerprint density at radius 2 is 1.79 bits per heavy atom. The number of H-pyrrole nitrogens is 1. The number of benzene rings is 2. The fraction of sp³-hybridized carbons (Fsp3) is 0.261. The number of hydrogen-bond acceptors (Lipinski definition) is 4. The van der Waals surface area contributed by atoms with Gasteiger partial charge in [0.2, 0.25) is 5.91 Å². The number of amides is 1. The lowest BCUT2D eigenvalue weighted by Gasteiger charge is -2.09. The van der Waals surface area contributed by atoms with Crippen LogP contribution in [0.4, 0.5) is 5.69 Å². The highest BCUT2D eigenvalue weighted by Crippen LogP contribution is 2.18. The maximum absolute atomic E-state index is 12.5. The number of nitrogens with one attached hydrogen (secondary N) is 2. The molecule has 0 unspecified atom stereocenters. The number of hydrogen-bond donors (Lipinski definition) is 2. The second kappa shape index (κ2) is 9.56. The van der Waals surface area contributed by atoms with E-state index in [0.717, 1.165) is 11.3 Å². The molecule has 29 heavy (non-hydrogen) atoms. The van der Waals surface area contributed by atoms with Crippen LogP contribution < -0.4 is 10.9 Å². The number of nitrogens with zero attached hydrogens (tertiary/aromatic N) is 1. The molecule has 6 heteroatoms. The van der Waals surface area contributed by atoms with Gasteiger partial charge in [-0.1, -0.05) is 68.1 Å². The number of aryl methyl sites for hydroxylation is 1. The van der Waals surface area contributed by atoms with Crippen LogP contribution in [0.1, 0.15) is 42.1 Å². The molecule has 0 atom stereocenters. The Labute approximate surface area is 175 Å². The number of carbonyl (C=O) groups excluding carboxylic acids is 1. The van der Waals surface area contributed by atoms with Gasteiger partial charge in [0, 0.05) is 23.4 Å². The summed E-state index contributed by atoms with van der Waals surface area (Å²) in [5, 5.41) is 3.33. The minimum atomic E-state index is -0.159. The first-order valence-electron chi connectivity index (χ1n) is 9.58. The molecule has 1 heterocycles. The second-order valence-electron chi connectivity index (χ2n) is 7.21. The van der Waals surface area contributed by atoms with Crippen molar-refractivity contribution >= 4 is 23.4 Å². The summed E-state index contributed by atoms with van der Waals surface area (Å²) in [4.78, 5) is 32.0. The van der Waals surface area contributed by atoms with Crippen molar-refractivity contribution in [1.82, 2.24) is 9.97 Å². The van der Waals surface area contributed by atoms with Crippen LogP contribution in [0.5, 0.6) is 0 Å². The molecular formula is C23H25N3O2S. The number of aromatic nitrogens is 2. The highest BCUT2D eigenvalue weighted by Gasteiger charge is 2.11. The zero-order valence-corrected chi connectivity index (χ0v) is 17.7. The smallest absolute Gasteiger partial charge is 0.255 e. The predicted octanol–water partition coefficient (Wildman–Crippen LogP) is 4.52. The summed E-state index contributed by atoms with van der Waals surface area (Å²) < 4.78 is 0. The summed E-state index contributed by atoms with van der Waals surface area (Å²) in [5.74, 6) is 0.485. The Morgan fingerprint density at radius 3 is 2.41 bits per heavy atom. The SMILES string of the molecule is Cc1nc(SCC(=O)Nc2ccc(C(C)C)cc2)[nH]c(=O)c1Cc1ccccc1. The van der Waals surface area contributed by atoms with E-state index in [1.807, 2.05) is 61.5 Å². The average Bonchev–Trinajstić information content (AvgIpc) is 2.70. The Morgan fingerprint density at radius 1 is 1.10 bits per heavy atom. The topological polar surface area (TPSA) is 74.8 Å². The van der Waals surface area contributed by atoms with Gasteiger partial charge in [-0.15, -0.1) is 0 Å². The molecule has 0 fully saturated rings. The van der Waals surface area contributed by atoms with Gasteiger partial charge in [-0.05, 0) is 36.1 Å². The predicted molar refractivity (Wildman–Crippen MR) is 119 cm³/mol. The molecule has 0 saturated heterocycles. The number of anilines is 1. The first kappa shape index (κ1) is 20.9. The van der Waals surface area contributed by atoms with Gasteiger partial charge in [0.15, 0.2) is 5.16 Å². The Bertz CT molecular complexity index is 1030. The molecule has 0 aliphatic carbocycles. The summed E-state index contributed by atoms with van der Waals surface area (Å²) >= 11 is 1.22. The molecular weight excluding hydrogens is 382 g/mol. The number of rotatable bonds is 7. The molecule has 0 bridgehead atoms. The molecule has 3 rings (SSSR count). The number of aromatic amines is 1. The normalized spacial score (nSPS) is 10.9. The highest BCUT2D eigenvalue weighted by molar-refractivity contribution is 7.99. The van der Waals surface area contributed by atoms with Crippen LogP contribution >= 0.6 is 11.8 Å². The van der Waals surface area contributed by atoms with Crippen LogP contribution in [0.25, 0.3) is 0 Å². The third-order valence-electron chi connectivity index (χ3n) is 4.63. The van der Waals surface area contributed by atoms with Crippen molar-refractivity contribution in [2.45, 2.75) is 38.3 Å². The molecule has 0 saturated carbocycles. The standard InChI is InChI=1S/C23H25N3O2S/c1-15(2)18-9-11-19(12-10-18)25-21(27)14-29-23-24-16(3)20(22(28)26-23)13-17-7-5-4-6-8-17/h4-12,15H,13-14H2,1-3H3,(H,25,27)(H,24,26,28). The highest BCUT2D eigenvalue weighted by atomic mass is 32.2. The molecule has 3 aromatic rings. The monoisotopic (exact) mass is 407 g/mol. The third-order valence-corrected chi connectivity index (χ3v) is 5.50. The van der Waals surface area contributed by atoms with Gasteiger partial charge in [0.05, 0.1) is 5.75 Å². The van der Waals surface area contributed by atoms with Crippen LogP contribution in [0.3, 0.4) is 0 Å². The second-order valence-corrected chi connectivity index (χ2v) is 8.18. The molecule has 0 aliphatic rings. The van der Waals surface area contributed by atoms with Crippen LogP contribution in [-0.2, 0) is 11.2 Å². The van der Waals surface area contributed by atoms with Gasteiger partial charge in [0.1, 0.15) is 0 Å². The van der Waals surface area contributed by atoms with E-state index < -0.39 is 0 Å². The van der Waals surface area contributed by atoms with Gasteiger partial charge < -0.3 is 10.3 Å². The molecule has 150 valence electrons. The molecule has 5 nitrogen and oxygen atoms in total. The van der Waals surface area contributed by atoms with Crippen LogP contribution in [0, 0.1) is 6.92 Å². The van der Waals surface area contributed by atoms with E-state index >= 15 is 0 Å². The summed E-state index contributed by atoms with van der Waals surface area (Å²) in [6.45, 7) is 6.09. The van der Waals surface area contributed by atoms with E-state index in [0.29, 0.717) is 28.8 Å². The molecule has 2 aromatic carbocycles. The molecule has 2 N–H and O–H groups in total. The van der Waals surface area contributed by atoms with Gasteiger partial charge in [-0.2, -0.15) is 0 Å². The van der Waals surface area contributed by atoms with Crippen LogP contribution in [0.15, 0.2) is 64.5 Å². The van der Waals surface area contributed by atoms with E-state index in [1.165, 1.54) is 17.3 Å². The fourth-order valence-corrected chi connectivity index (χ4v) is 3.65. The summed E-state index contributed by atoms with van der Waals surface area (Å²) in [7, 11) is 0. The number of thioether (sulfide) groups is 1. The third kappa shape index (κ3) is 5.81. The lowest BCUT2D eigenvalue weighted by molar-refractivity contribution is -0.113. The molecule has 0 radical (unpaired) electrons. The first-order valence-corrected chi connectivity index (χ1v) is 10.6. The first-order chi connectivity index (χ1) is 13.9. The lowest BCUT2D eigenvalue weighted by Crippen LogP contribution is -2.19. The summed E-state index contributed by atoms with van der Waals surface area (Å²) in [6, 6.07) is 17.7. The number of carbonyl (C=O) groups is 1. The van der Waals surface area contributed by atoms with E-state index in [-0.39, 0.29) is 17.2 Å². The zero-order valence-electron chi connectivity index (χ0n) is 16.9. The molecule has 1 amide bonds. The van der Waals surface area contributed by atoms with Crippen LogP contribution in [-0.4, -0.2) is 21.6 Å². The van der Waals surface area contributed by atoms with Crippen molar-refractivity contribution in [3.63, 3.8) is 0 Å². The maximum Gasteiger partial charge on any atom is 0.255 e. The molecule has 0 aliphatic heterocycles. The maximum atomic E-state index is 12.5.